The Balaban J connectivity index is 2.58. The molecule has 1 aliphatic heterocycles. The number of hydrogen-bond acceptors (Lipinski definition) is 4. The van der Waals surface area contributed by atoms with Crippen molar-refractivity contribution in [3.8, 4) is 6.07 Å². The van der Waals surface area contributed by atoms with Crippen LogP contribution in [0.2, 0.25) is 0 Å². The van der Waals surface area contributed by atoms with E-state index in [9.17, 15) is 4.79 Å². The number of nitriles is 1. The van der Waals surface area contributed by atoms with Crippen LogP contribution in [0.15, 0.2) is 0 Å². The van der Waals surface area contributed by atoms with Gasteiger partial charge in [0, 0.05) is 13.0 Å². The van der Waals surface area contributed by atoms with E-state index in [4.69, 9.17) is 10.00 Å². The lowest BCUT2D eigenvalue weighted by Gasteiger charge is -2.35. The molecule has 96 valence electrons. The normalized spacial score (nSPS) is 21.9. The molecule has 0 aromatic heterocycles. The summed E-state index contributed by atoms with van der Waals surface area (Å²) in [5, 5.41) is 8.62. The highest BCUT2D eigenvalue weighted by Gasteiger charge is 2.31. The molecule has 0 saturated carbocycles. The molecular weight excluding hydrogens is 216 g/mol. The number of ether oxygens (including phenoxy) is 1. The summed E-state index contributed by atoms with van der Waals surface area (Å²) in [5.74, 6) is -0.143. The van der Waals surface area contributed by atoms with Gasteiger partial charge in [0.2, 0.25) is 0 Å². The second-order valence-corrected chi connectivity index (χ2v) is 5.49. The molecule has 17 heavy (non-hydrogen) atoms. The quantitative estimate of drug-likeness (QED) is 0.706. The molecule has 0 aliphatic carbocycles. The maximum Gasteiger partial charge on any atom is 0.323 e. The number of esters is 1. The average molecular weight is 238 g/mol. The van der Waals surface area contributed by atoms with Gasteiger partial charge in [0.05, 0.1) is 6.07 Å². The first-order chi connectivity index (χ1) is 7.94. The average Bonchev–Trinajstić information content (AvgIpc) is 2.24. The number of piperidine rings is 1. The Labute approximate surface area is 104 Å². The molecule has 4 nitrogen and oxygen atoms in total. The van der Waals surface area contributed by atoms with E-state index in [1.54, 1.807) is 0 Å². The number of nitrogens with zero attached hydrogens (tertiary/aromatic N) is 2. The molecule has 0 aromatic rings. The van der Waals surface area contributed by atoms with Crippen LogP contribution in [0.4, 0.5) is 0 Å². The molecule has 1 atom stereocenters. The highest BCUT2D eigenvalue weighted by molar-refractivity contribution is 5.76. The van der Waals surface area contributed by atoms with E-state index < -0.39 is 5.60 Å². The molecule has 1 rings (SSSR count). The molecule has 1 aliphatic rings. The van der Waals surface area contributed by atoms with Crippen LogP contribution in [0.3, 0.4) is 0 Å². The van der Waals surface area contributed by atoms with Crippen LogP contribution in [-0.2, 0) is 9.53 Å². The van der Waals surface area contributed by atoms with Crippen LogP contribution in [0, 0.1) is 11.3 Å². The zero-order chi connectivity index (χ0) is 12.9. The van der Waals surface area contributed by atoms with Gasteiger partial charge in [-0.2, -0.15) is 5.26 Å². The fraction of sp³-hybridized carbons (Fsp3) is 0.846. The smallest absolute Gasteiger partial charge is 0.323 e. The Kier molecular flexibility index (Phi) is 4.95. The van der Waals surface area contributed by atoms with E-state index >= 15 is 0 Å². The zero-order valence-corrected chi connectivity index (χ0v) is 11.0. The van der Waals surface area contributed by atoms with Gasteiger partial charge in [0.25, 0.3) is 0 Å². The van der Waals surface area contributed by atoms with Gasteiger partial charge in [-0.3, -0.25) is 9.69 Å². The molecule has 0 bridgehead atoms. The first-order valence-electron chi connectivity index (χ1n) is 6.28. The van der Waals surface area contributed by atoms with E-state index in [2.05, 4.69) is 11.0 Å². The first kappa shape index (κ1) is 14.0. The van der Waals surface area contributed by atoms with Crippen molar-refractivity contribution in [2.75, 3.05) is 13.1 Å². The fourth-order valence-corrected chi connectivity index (χ4v) is 2.09. The third-order valence-corrected chi connectivity index (χ3v) is 2.80. The number of likely N-dealkylation sites (tertiary alicyclic amines) is 1. The standard InChI is InChI=1S/C13H22N2O2/c1-13(2,3)17-12(16)11-7-4-5-9-15(11)10-6-8-14/h11H,4-7,9-10H2,1-3H3. The highest BCUT2D eigenvalue weighted by Crippen LogP contribution is 2.20. The van der Waals surface area contributed by atoms with Crippen molar-refractivity contribution in [1.29, 1.82) is 5.26 Å². The lowest BCUT2D eigenvalue weighted by Crippen LogP contribution is -2.47. The molecule has 1 fully saturated rings. The van der Waals surface area contributed by atoms with Crippen molar-refractivity contribution < 1.29 is 9.53 Å². The Morgan fingerprint density at radius 1 is 1.47 bits per heavy atom. The molecule has 1 saturated heterocycles. The van der Waals surface area contributed by atoms with Crippen molar-refractivity contribution in [2.24, 2.45) is 0 Å². The first-order valence-corrected chi connectivity index (χ1v) is 6.28. The van der Waals surface area contributed by atoms with E-state index in [0.717, 1.165) is 25.8 Å². The van der Waals surface area contributed by atoms with Crippen LogP contribution < -0.4 is 0 Å². The van der Waals surface area contributed by atoms with Crippen LogP contribution in [0.5, 0.6) is 0 Å². The van der Waals surface area contributed by atoms with Crippen LogP contribution >= 0.6 is 0 Å². The van der Waals surface area contributed by atoms with Gasteiger partial charge in [0.15, 0.2) is 0 Å². The molecule has 0 radical (unpaired) electrons. The summed E-state index contributed by atoms with van der Waals surface area (Å²) in [4.78, 5) is 14.1. The number of rotatable bonds is 3. The van der Waals surface area contributed by atoms with E-state index in [1.807, 2.05) is 20.8 Å². The van der Waals surface area contributed by atoms with Crippen LogP contribution in [0.1, 0.15) is 46.5 Å². The van der Waals surface area contributed by atoms with Gasteiger partial charge < -0.3 is 4.74 Å². The van der Waals surface area contributed by atoms with Crippen molar-refractivity contribution in [3.05, 3.63) is 0 Å². The molecule has 0 aromatic carbocycles. The molecule has 0 N–H and O–H groups in total. The lowest BCUT2D eigenvalue weighted by atomic mass is 10.0. The summed E-state index contributed by atoms with van der Waals surface area (Å²) in [6.07, 6.45) is 3.48. The van der Waals surface area contributed by atoms with Crippen molar-refractivity contribution in [1.82, 2.24) is 4.90 Å². The number of hydrogen-bond donors (Lipinski definition) is 0. The predicted octanol–water partition coefficient (Wildman–Crippen LogP) is 2.10. The third-order valence-electron chi connectivity index (χ3n) is 2.80. The lowest BCUT2D eigenvalue weighted by molar-refractivity contribution is -0.162. The predicted molar refractivity (Wildman–Crippen MR) is 65.3 cm³/mol. The summed E-state index contributed by atoms with van der Waals surface area (Å²) in [6.45, 7) is 7.21. The number of carbonyl (C=O) groups excluding carboxylic acids is 1. The Bertz CT molecular complexity index is 302. The second-order valence-electron chi connectivity index (χ2n) is 5.49. The van der Waals surface area contributed by atoms with Gasteiger partial charge in [-0.25, -0.2) is 0 Å². The van der Waals surface area contributed by atoms with Gasteiger partial charge in [-0.05, 0) is 40.2 Å². The van der Waals surface area contributed by atoms with E-state index in [-0.39, 0.29) is 12.0 Å². The van der Waals surface area contributed by atoms with Crippen molar-refractivity contribution >= 4 is 5.97 Å². The zero-order valence-electron chi connectivity index (χ0n) is 11.0. The molecule has 4 heteroatoms. The molecule has 0 spiro atoms. The maximum absolute atomic E-state index is 12.0. The Morgan fingerprint density at radius 3 is 2.76 bits per heavy atom. The highest BCUT2D eigenvalue weighted by atomic mass is 16.6. The van der Waals surface area contributed by atoms with Crippen molar-refractivity contribution in [3.63, 3.8) is 0 Å². The van der Waals surface area contributed by atoms with Crippen molar-refractivity contribution in [2.45, 2.75) is 58.1 Å². The van der Waals surface area contributed by atoms with E-state index in [0.29, 0.717) is 13.0 Å². The Hall–Kier alpha value is -1.08. The SMILES string of the molecule is CC(C)(C)OC(=O)C1CCCCN1CCC#N. The van der Waals surface area contributed by atoms with Gasteiger partial charge >= 0.3 is 5.97 Å². The van der Waals surface area contributed by atoms with Gasteiger partial charge in [-0.1, -0.05) is 6.42 Å². The molecule has 0 amide bonds. The summed E-state index contributed by atoms with van der Waals surface area (Å²) in [6, 6.07) is 1.97. The summed E-state index contributed by atoms with van der Waals surface area (Å²) in [5.41, 5.74) is -0.435. The monoisotopic (exact) mass is 238 g/mol. The number of carbonyl (C=O) groups is 1. The summed E-state index contributed by atoms with van der Waals surface area (Å²) >= 11 is 0. The van der Waals surface area contributed by atoms with E-state index in [1.165, 1.54) is 0 Å². The minimum atomic E-state index is -0.435. The minimum absolute atomic E-state index is 0.143. The largest absolute Gasteiger partial charge is 0.459 e. The van der Waals surface area contributed by atoms with Crippen LogP contribution in [0.25, 0.3) is 0 Å². The Morgan fingerprint density at radius 2 is 2.18 bits per heavy atom. The molecule has 1 heterocycles. The molecule has 1 unspecified atom stereocenters. The minimum Gasteiger partial charge on any atom is -0.459 e. The maximum atomic E-state index is 12.0. The van der Waals surface area contributed by atoms with Gasteiger partial charge in [0.1, 0.15) is 11.6 Å². The fourth-order valence-electron chi connectivity index (χ4n) is 2.09. The summed E-state index contributed by atoms with van der Waals surface area (Å²) in [7, 11) is 0. The van der Waals surface area contributed by atoms with Gasteiger partial charge in [-0.15, -0.1) is 0 Å². The topological polar surface area (TPSA) is 53.3 Å². The molecular formula is C13H22N2O2. The second kappa shape index (κ2) is 6.02. The summed E-state index contributed by atoms with van der Waals surface area (Å²) < 4.78 is 5.42. The van der Waals surface area contributed by atoms with Crippen LogP contribution in [-0.4, -0.2) is 35.6 Å². The third kappa shape index (κ3) is 4.74.